The fourth-order valence-corrected chi connectivity index (χ4v) is 5.47. The normalized spacial score (nSPS) is 19.8. The zero-order valence-electron chi connectivity index (χ0n) is 18.9. The van der Waals surface area contributed by atoms with Crippen molar-refractivity contribution >= 4 is 55.6 Å². The number of halogens is 1. The standard InChI is InChI=1S/C24H23FN6O3S/c1-2-12-10-26-21-20-14-3-6-18(28-15(14)4-5-16(20)35-22(21)23(32)27-12)30-19-9-17(25)29-24(31-19)34-13-7-8-33-11-13/h3-6,9,12-13,26H,2,7-8,10-11H2,1H3,(H,27,32)(H,28,29,30,31)/t12-,13-/m1/s1. The minimum Gasteiger partial charge on any atom is -0.457 e. The largest absolute Gasteiger partial charge is 0.457 e. The molecule has 1 amide bonds. The fraction of sp³-hybridized carbons (Fsp3) is 0.333. The van der Waals surface area contributed by atoms with Gasteiger partial charge in [0, 0.05) is 40.5 Å². The van der Waals surface area contributed by atoms with Crippen LogP contribution in [0.5, 0.6) is 6.01 Å². The number of hydrogen-bond donors (Lipinski definition) is 3. The van der Waals surface area contributed by atoms with Gasteiger partial charge in [0.2, 0.25) is 5.95 Å². The van der Waals surface area contributed by atoms with E-state index >= 15 is 0 Å². The van der Waals surface area contributed by atoms with E-state index in [9.17, 15) is 9.18 Å². The van der Waals surface area contributed by atoms with Crippen molar-refractivity contribution in [2.75, 3.05) is 30.4 Å². The van der Waals surface area contributed by atoms with Crippen molar-refractivity contribution in [3.05, 3.63) is 41.2 Å². The van der Waals surface area contributed by atoms with E-state index in [1.807, 2.05) is 24.3 Å². The SMILES string of the molecule is CC[C@@H]1CNc2c(sc3ccc4nc(Nc5cc(F)nc(O[C@@H]6CCOC6)n5)ccc4c23)C(=O)N1. The monoisotopic (exact) mass is 494 g/mol. The van der Waals surface area contributed by atoms with Gasteiger partial charge in [0.25, 0.3) is 5.91 Å². The predicted molar refractivity (Wildman–Crippen MR) is 132 cm³/mol. The maximum absolute atomic E-state index is 14.1. The van der Waals surface area contributed by atoms with E-state index in [4.69, 9.17) is 14.5 Å². The van der Waals surface area contributed by atoms with E-state index in [2.05, 4.69) is 32.8 Å². The van der Waals surface area contributed by atoms with Gasteiger partial charge in [0.1, 0.15) is 22.6 Å². The molecule has 3 N–H and O–H groups in total. The van der Waals surface area contributed by atoms with E-state index < -0.39 is 5.95 Å². The third-order valence-corrected chi connectivity index (χ3v) is 7.33. The van der Waals surface area contributed by atoms with E-state index in [0.29, 0.717) is 36.9 Å². The Morgan fingerprint density at radius 1 is 1.23 bits per heavy atom. The van der Waals surface area contributed by atoms with Crippen LogP contribution in [-0.4, -0.2) is 52.8 Å². The van der Waals surface area contributed by atoms with Crippen LogP contribution in [0.4, 0.5) is 21.7 Å². The molecule has 11 heteroatoms. The Labute approximate surface area is 204 Å². The van der Waals surface area contributed by atoms with E-state index in [1.54, 1.807) is 0 Å². The molecule has 2 atom stereocenters. The van der Waals surface area contributed by atoms with Crippen molar-refractivity contribution in [3.63, 3.8) is 0 Å². The summed E-state index contributed by atoms with van der Waals surface area (Å²) in [6.07, 6.45) is 1.38. The van der Waals surface area contributed by atoms with Crippen LogP contribution in [0.15, 0.2) is 30.3 Å². The first-order valence-electron chi connectivity index (χ1n) is 11.5. The molecule has 6 rings (SSSR count). The molecule has 180 valence electrons. The second-order valence-electron chi connectivity index (χ2n) is 8.55. The Balaban J connectivity index is 1.32. The molecular formula is C24H23FN6O3S. The number of anilines is 3. The molecule has 1 fully saturated rings. The van der Waals surface area contributed by atoms with Crippen molar-refractivity contribution < 1.29 is 18.7 Å². The molecule has 0 bridgehead atoms. The maximum atomic E-state index is 14.1. The lowest BCUT2D eigenvalue weighted by Gasteiger charge is -2.13. The van der Waals surface area contributed by atoms with Gasteiger partial charge in [0.05, 0.1) is 24.4 Å². The smallest absolute Gasteiger partial charge is 0.321 e. The summed E-state index contributed by atoms with van der Waals surface area (Å²) in [5.41, 5.74) is 1.60. The highest BCUT2D eigenvalue weighted by Gasteiger charge is 2.26. The summed E-state index contributed by atoms with van der Waals surface area (Å²) in [7, 11) is 0. The number of ether oxygens (including phenoxy) is 2. The van der Waals surface area contributed by atoms with Crippen LogP contribution < -0.4 is 20.7 Å². The summed E-state index contributed by atoms with van der Waals surface area (Å²) in [6, 6.07) is 8.89. The van der Waals surface area contributed by atoms with Crippen LogP contribution in [0.3, 0.4) is 0 Å². The molecule has 0 saturated carbocycles. The zero-order valence-corrected chi connectivity index (χ0v) is 19.7. The molecular weight excluding hydrogens is 471 g/mol. The molecule has 9 nitrogen and oxygen atoms in total. The molecule has 1 aromatic carbocycles. The first-order valence-corrected chi connectivity index (χ1v) is 12.4. The molecule has 0 radical (unpaired) electrons. The van der Waals surface area contributed by atoms with Crippen molar-refractivity contribution in [1.29, 1.82) is 0 Å². The summed E-state index contributed by atoms with van der Waals surface area (Å²) in [6.45, 7) is 3.76. The number of rotatable bonds is 5. The third kappa shape index (κ3) is 4.21. The van der Waals surface area contributed by atoms with E-state index in [-0.39, 0.29) is 29.9 Å². The second kappa shape index (κ2) is 8.90. The lowest BCUT2D eigenvalue weighted by atomic mass is 10.1. The lowest BCUT2D eigenvalue weighted by molar-refractivity contribution is 0.0945. The van der Waals surface area contributed by atoms with Gasteiger partial charge in [-0.1, -0.05) is 6.92 Å². The molecule has 35 heavy (non-hydrogen) atoms. The molecule has 0 spiro atoms. The van der Waals surface area contributed by atoms with Crippen LogP contribution >= 0.6 is 11.3 Å². The molecule has 0 unspecified atom stereocenters. The summed E-state index contributed by atoms with van der Waals surface area (Å²) in [5, 5.41) is 11.5. The van der Waals surface area contributed by atoms with Crippen LogP contribution in [0.2, 0.25) is 0 Å². The average molecular weight is 495 g/mol. The molecule has 3 aromatic heterocycles. The van der Waals surface area contributed by atoms with Gasteiger partial charge in [-0.2, -0.15) is 14.4 Å². The summed E-state index contributed by atoms with van der Waals surface area (Å²) < 4.78 is 26.1. The van der Waals surface area contributed by atoms with Crippen LogP contribution in [0.1, 0.15) is 29.4 Å². The van der Waals surface area contributed by atoms with Crippen molar-refractivity contribution in [3.8, 4) is 6.01 Å². The summed E-state index contributed by atoms with van der Waals surface area (Å²) in [4.78, 5) is 26.2. The number of aromatic nitrogens is 3. The van der Waals surface area contributed by atoms with Gasteiger partial charge in [0.15, 0.2) is 0 Å². The Bertz CT molecular complexity index is 1440. The number of nitrogens with zero attached hydrogens (tertiary/aromatic N) is 3. The number of thiophene rings is 1. The highest BCUT2D eigenvalue weighted by Crippen LogP contribution is 2.41. The average Bonchev–Trinajstić information content (AvgIpc) is 3.45. The maximum Gasteiger partial charge on any atom is 0.321 e. The van der Waals surface area contributed by atoms with Crippen LogP contribution in [0, 0.1) is 5.95 Å². The van der Waals surface area contributed by atoms with Crippen molar-refractivity contribution in [2.45, 2.75) is 31.9 Å². The predicted octanol–water partition coefficient (Wildman–Crippen LogP) is 4.22. The van der Waals surface area contributed by atoms with Crippen molar-refractivity contribution in [1.82, 2.24) is 20.3 Å². The van der Waals surface area contributed by atoms with Gasteiger partial charge in [-0.05, 0) is 30.7 Å². The number of amides is 1. The number of carbonyl (C=O) groups is 1. The Hall–Kier alpha value is -3.57. The highest BCUT2D eigenvalue weighted by atomic mass is 32.1. The van der Waals surface area contributed by atoms with Crippen LogP contribution in [-0.2, 0) is 4.74 Å². The first kappa shape index (κ1) is 21.9. The molecule has 2 aliphatic rings. The summed E-state index contributed by atoms with van der Waals surface area (Å²) in [5.74, 6) is -0.00380. The number of hydrogen-bond acceptors (Lipinski definition) is 9. The van der Waals surface area contributed by atoms with Crippen molar-refractivity contribution in [2.24, 2.45) is 0 Å². The number of carbonyl (C=O) groups excluding carboxylic acids is 1. The number of fused-ring (bicyclic) bond motifs is 5. The highest BCUT2D eigenvalue weighted by molar-refractivity contribution is 7.21. The first-order chi connectivity index (χ1) is 17.1. The minimum atomic E-state index is -0.699. The zero-order chi connectivity index (χ0) is 23.9. The second-order valence-corrected chi connectivity index (χ2v) is 9.61. The number of benzene rings is 1. The molecule has 2 aliphatic heterocycles. The number of nitrogens with one attached hydrogen (secondary N) is 3. The Morgan fingerprint density at radius 2 is 2.14 bits per heavy atom. The molecule has 0 aliphatic carbocycles. The fourth-order valence-electron chi connectivity index (χ4n) is 4.37. The van der Waals surface area contributed by atoms with Gasteiger partial charge < -0.3 is 25.4 Å². The third-order valence-electron chi connectivity index (χ3n) is 6.17. The number of pyridine rings is 1. The van der Waals surface area contributed by atoms with Gasteiger partial charge in [-0.3, -0.25) is 4.79 Å². The quantitative estimate of drug-likeness (QED) is 0.354. The molecule has 1 saturated heterocycles. The van der Waals surface area contributed by atoms with Gasteiger partial charge in [-0.25, -0.2) is 4.98 Å². The Kier molecular flexibility index (Phi) is 5.57. The molecule has 4 aromatic rings. The van der Waals surface area contributed by atoms with E-state index in [1.165, 1.54) is 17.4 Å². The van der Waals surface area contributed by atoms with E-state index in [0.717, 1.165) is 33.1 Å². The molecule has 5 heterocycles. The van der Waals surface area contributed by atoms with Gasteiger partial charge >= 0.3 is 6.01 Å². The van der Waals surface area contributed by atoms with Gasteiger partial charge in [-0.15, -0.1) is 11.3 Å². The topological polar surface area (TPSA) is 110 Å². The lowest BCUT2D eigenvalue weighted by Crippen LogP contribution is -2.36. The minimum absolute atomic E-state index is 0.0406. The summed E-state index contributed by atoms with van der Waals surface area (Å²) >= 11 is 1.47. The van der Waals surface area contributed by atoms with Crippen LogP contribution in [0.25, 0.3) is 21.0 Å². The Morgan fingerprint density at radius 3 is 2.97 bits per heavy atom.